The number of halogens is 1. The van der Waals surface area contributed by atoms with Crippen molar-refractivity contribution < 1.29 is 27.1 Å². The normalized spacial score (nSPS) is 14.5. The molecule has 9 nitrogen and oxygen atoms in total. The summed E-state index contributed by atoms with van der Waals surface area (Å²) in [5.74, 6) is -1.48. The minimum Gasteiger partial charge on any atom is -0.378 e. The third-order valence-electron chi connectivity index (χ3n) is 6.24. The van der Waals surface area contributed by atoms with Crippen molar-refractivity contribution in [3.63, 3.8) is 0 Å². The summed E-state index contributed by atoms with van der Waals surface area (Å²) in [5.41, 5.74) is 2.77. The molecule has 1 aliphatic heterocycles. The summed E-state index contributed by atoms with van der Waals surface area (Å²) in [4.78, 5) is 27.9. The number of benzene rings is 3. The minimum atomic E-state index is -4.05. The van der Waals surface area contributed by atoms with Gasteiger partial charge in [-0.25, -0.2) is 12.8 Å². The van der Waals surface area contributed by atoms with Crippen molar-refractivity contribution in [3.05, 3.63) is 84.2 Å². The molecule has 1 atom stereocenters. The number of sulfonamides is 1. The summed E-state index contributed by atoms with van der Waals surface area (Å²) in [6.07, 6.45) is -0.252. The van der Waals surface area contributed by atoms with E-state index in [4.69, 9.17) is 4.74 Å². The Kier molecular flexibility index (Phi) is 9.28. The fourth-order valence-corrected chi connectivity index (χ4v) is 5.28. The average Bonchev–Trinajstić information content (AvgIpc) is 2.93. The Labute approximate surface area is 227 Å². The molecule has 0 bridgehead atoms. The monoisotopic (exact) mass is 554 g/mol. The topological polar surface area (TPSA) is 117 Å². The quantitative estimate of drug-likeness (QED) is 0.352. The van der Waals surface area contributed by atoms with Crippen molar-refractivity contribution in [3.8, 4) is 0 Å². The Morgan fingerprint density at radius 1 is 0.897 bits per heavy atom. The van der Waals surface area contributed by atoms with E-state index in [0.717, 1.165) is 24.3 Å². The van der Waals surface area contributed by atoms with Gasteiger partial charge in [0, 0.05) is 36.6 Å². The molecule has 1 aliphatic rings. The summed E-state index contributed by atoms with van der Waals surface area (Å²) in [5, 5.41) is 5.38. The summed E-state index contributed by atoms with van der Waals surface area (Å²) in [6.45, 7) is 4.68. The molecule has 3 aromatic rings. The Balaban J connectivity index is 1.45. The minimum absolute atomic E-state index is 0.0107. The zero-order valence-electron chi connectivity index (χ0n) is 21.5. The second kappa shape index (κ2) is 12.8. The lowest BCUT2D eigenvalue weighted by Crippen LogP contribution is -2.44. The van der Waals surface area contributed by atoms with Crippen LogP contribution in [0.3, 0.4) is 0 Å². The molecule has 1 fully saturated rings. The molecule has 39 heavy (non-hydrogen) atoms. The summed E-state index contributed by atoms with van der Waals surface area (Å²) in [7, 11) is -4.05. The highest BCUT2D eigenvalue weighted by molar-refractivity contribution is 7.89. The molecule has 11 heteroatoms. The van der Waals surface area contributed by atoms with Gasteiger partial charge >= 0.3 is 0 Å². The van der Waals surface area contributed by atoms with E-state index in [1.165, 1.54) is 36.4 Å². The number of nitrogens with one attached hydrogen (secondary N) is 3. The number of carbonyl (C=O) groups excluding carboxylic acids is 2. The maximum absolute atomic E-state index is 13.2. The maximum Gasteiger partial charge on any atom is 0.242 e. The molecule has 206 valence electrons. The van der Waals surface area contributed by atoms with E-state index in [1.54, 1.807) is 24.3 Å². The van der Waals surface area contributed by atoms with E-state index in [1.807, 2.05) is 19.1 Å². The Morgan fingerprint density at radius 3 is 2.13 bits per heavy atom. The van der Waals surface area contributed by atoms with Crippen LogP contribution in [0.4, 0.5) is 21.5 Å². The van der Waals surface area contributed by atoms with Crippen LogP contribution in [0.2, 0.25) is 0 Å². The number of carbonyl (C=O) groups is 2. The van der Waals surface area contributed by atoms with Crippen molar-refractivity contribution in [2.24, 2.45) is 0 Å². The van der Waals surface area contributed by atoms with Crippen molar-refractivity contribution in [1.29, 1.82) is 0 Å². The third-order valence-corrected chi connectivity index (χ3v) is 7.73. The third kappa shape index (κ3) is 8.09. The molecular weight excluding hydrogens is 523 g/mol. The largest absolute Gasteiger partial charge is 0.378 e. The molecule has 3 aromatic carbocycles. The first-order valence-electron chi connectivity index (χ1n) is 12.6. The van der Waals surface area contributed by atoms with Gasteiger partial charge in [-0.3, -0.25) is 9.59 Å². The standard InChI is InChI=1S/C28H31FN4O5S/c1-20-2-12-25(13-3-20)39(36,37)32-26(14-15-27(34)30-22-6-4-21(29)5-7-22)28(35)31-23-8-10-24(11-9-23)33-16-18-38-19-17-33/h2-13,26,32H,14-19H2,1H3,(H,30,34)(H,31,35). The molecule has 0 radical (unpaired) electrons. The van der Waals surface area contributed by atoms with Crippen LogP contribution in [0.5, 0.6) is 0 Å². The van der Waals surface area contributed by atoms with Crippen LogP contribution >= 0.6 is 0 Å². The number of nitrogens with zero attached hydrogens (tertiary/aromatic N) is 1. The summed E-state index contributed by atoms with van der Waals surface area (Å²) < 4.78 is 47.1. The number of morpholine rings is 1. The van der Waals surface area contributed by atoms with Gasteiger partial charge in [0.05, 0.1) is 18.1 Å². The van der Waals surface area contributed by atoms with Gasteiger partial charge in [-0.15, -0.1) is 0 Å². The number of aryl methyl sites for hydroxylation is 1. The maximum atomic E-state index is 13.2. The Morgan fingerprint density at radius 2 is 1.49 bits per heavy atom. The highest BCUT2D eigenvalue weighted by Crippen LogP contribution is 2.20. The zero-order valence-corrected chi connectivity index (χ0v) is 22.3. The predicted octanol–water partition coefficient (Wildman–Crippen LogP) is 3.68. The fourth-order valence-electron chi connectivity index (χ4n) is 4.05. The number of rotatable bonds is 10. The molecular formula is C28H31FN4O5S. The first-order chi connectivity index (χ1) is 18.7. The molecule has 0 spiro atoms. The lowest BCUT2D eigenvalue weighted by atomic mass is 10.1. The van der Waals surface area contributed by atoms with Gasteiger partial charge in [0.25, 0.3) is 0 Å². The van der Waals surface area contributed by atoms with Crippen LogP contribution < -0.4 is 20.3 Å². The fraction of sp³-hybridized carbons (Fsp3) is 0.286. The average molecular weight is 555 g/mol. The Hall–Kier alpha value is -3.80. The molecule has 3 N–H and O–H groups in total. The van der Waals surface area contributed by atoms with Crippen LogP contribution in [0.25, 0.3) is 0 Å². The highest BCUT2D eigenvalue weighted by Gasteiger charge is 2.27. The van der Waals surface area contributed by atoms with Gasteiger partial charge in [-0.05, 0) is 74.0 Å². The highest BCUT2D eigenvalue weighted by atomic mass is 32.2. The van der Waals surface area contributed by atoms with Crippen molar-refractivity contribution >= 4 is 38.9 Å². The van der Waals surface area contributed by atoms with Gasteiger partial charge in [0.15, 0.2) is 0 Å². The Bertz CT molecular complexity index is 1370. The summed E-state index contributed by atoms with van der Waals surface area (Å²) in [6, 6.07) is 17.5. The van der Waals surface area contributed by atoms with Crippen LogP contribution in [0.1, 0.15) is 18.4 Å². The molecule has 2 amide bonds. The van der Waals surface area contributed by atoms with E-state index in [-0.39, 0.29) is 17.7 Å². The van der Waals surface area contributed by atoms with E-state index in [2.05, 4.69) is 20.3 Å². The molecule has 0 saturated carbocycles. The van der Waals surface area contributed by atoms with E-state index >= 15 is 0 Å². The second-order valence-electron chi connectivity index (χ2n) is 9.22. The number of hydrogen-bond acceptors (Lipinski definition) is 6. The van der Waals surface area contributed by atoms with E-state index in [9.17, 15) is 22.4 Å². The number of ether oxygens (including phenoxy) is 1. The predicted molar refractivity (Wildman–Crippen MR) is 148 cm³/mol. The van der Waals surface area contributed by atoms with Gasteiger partial charge < -0.3 is 20.3 Å². The van der Waals surface area contributed by atoms with Crippen LogP contribution in [0.15, 0.2) is 77.7 Å². The van der Waals surface area contributed by atoms with E-state index < -0.39 is 33.7 Å². The van der Waals surface area contributed by atoms with Gasteiger partial charge in [0.1, 0.15) is 11.9 Å². The summed E-state index contributed by atoms with van der Waals surface area (Å²) >= 11 is 0. The van der Waals surface area contributed by atoms with Crippen molar-refractivity contribution in [2.45, 2.75) is 30.7 Å². The lowest BCUT2D eigenvalue weighted by molar-refractivity contribution is -0.118. The van der Waals surface area contributed by atoms with Crippen molar-refractivity contribution in [1.82, 2.24) is 4.72 Å². The number of anilines is 3. The smallest absolute Gasteiger partial charge is 0.242 e. The number of hydrogen-bond donors (Lipinski definition) is 3. The van der Waals surface area contributed by atoms with Crippen LogP contribution in [-0.2, 0) is 24.3 Å². The molecule has 0 aliphatic carbocycles. The van der Waals surface area contributed by atoms with Gasteiger partial charge in [-0.2, -0.15) is 4.72 Å². The van der Waals surface area contributed by atoms with Crippen molar-refractivity contribution in [2.75, 3.05) is 41.8 Å². The second-order valence-corrected chi connectivity index (χ2v) is 10.9. The van der Waals surface area contributed by atoms with E-state index in [0.29, 0.717) is 24.6 Å². The SMILES string of the molecule is Cc1ccc(S(=O)(=O)NC(CCC(=O)Nc2ccc(F)cc2)C(=O)Nc2ccc(N3CCOCC3)cc2)cc1. The zero-order chi connectivity index (χ0) is 27.8. The van der Waals surface area contributed by atoms with Gasteiger partial charge in [0.2, 0.25) is 21.8 Å². The van der Waals surface area contributed by atoms with Crippen LogP contribution in [-0.4, -0.2) is 52.6 Å². The molecule has 4 rings (SSSR count). The van der Waals surface area contributed by atoms with Gasteiger partial charge in [-0.1, -0.05) is 17.7 Å². The molecule has 0 aromatic heterocycles. The molecule has 1 heterocycles. The molecule has 1 unspecified atom stereocenters. The number of amides is 2. The first-order valence-corrected chi connectivity index (χ1v) is 14.1. The van der Waals surface area contributed by atoms with Crippen LogP contribution in [0, 0.1) is 12.7 Å². The molecule has 1 saturated heterocycles. The lowest BCUT2D eigenvalue weighted by Gasteiger charge is -2.29. The first kappa shape index (κ1) is 28.2.